The molecule has 1 fully saturated rings. The molecule has 0 amide bonds. The average Bonchev–Trinajstić information content (AvgIpc) is 3.48. The van der Waals surface area contributed by atoms with Crippen molar-refractivity contribution in [2.75, 3.05) is 26.3 Å². The zero-order valence-electron chi connectivity index (χ0n) is 20.3. The molecule has 4 heterocycles. The number of aryl methyl sites for hydroxylation is 2. The first-order chi connectivity index (χ1) is 17.6. The molecule has 1 aliphatic heterocycles. The van der Waals surface area contributed by atoms with Gasteiger partial charge in [-0.1, -0.05) is 24.1 Å². The van der Waals surface area contributed by atoms with Crippen molar-refractivity contribution < 1.29 is 14.0 Å². The van der Waals surface area contributed by atoms with Crippen LogP contribution in [-0.4, -0.2) is 45.7 Å². The summed E-state index contributed by atoms with van der Waals surface area (Å²) in [5, 5.41) is 5.04. The minimum absolute atomic E-state index is 0.436. The Morgan fingerprint density at radius 3 is 2.81 bits per heavy atom. The van der Waals surface area contributed by atoms with Gasteiger partial charge >= 0.3 is 0 Å². The van der Waals surface area contributed by atoms with Gasteiger partial charge in [0.05, 0.1) is 30.4 Å². The molecule has 6 rings (SSSR count). The van der Waals surface area contributed by atoms with Gasteiger partial charge in [0.2, 0.25) is 0 Å². The topological polar surface area (TPSA) is 65.0 Å². The molecule has 0 atom stereocenters. The van der Waals surface area contributed by atoms with Crippen LogP contribution in [0.3, 0.4) is 0 Å². The minimum Gasteiger partial charge on any atom is -0.436 e. The first-order valence-corrected chi connectivity index (χ1v) is 12.1. The fourth-order valence-corrected chi connectivity index (χ4v) is 4.56. The van der Waals surface area contributed by atoms with Gasteiger partial charge in [-0.2, -0.15) is 0 Å². The van der Waals surface area contributed by atoms with E-state index in [-0.39, 0.29) is 0 Å². The highest BCUT2D eigenvalue weighted by Gasteiger charge is 2.16. The van der Waals surface area contributed by atoms with Crippen LogP contribution < -0.4 is 4.74 Å². The fraction of sp³-hybridized carbons (Fsp3) is 0.241. The number of aromatic nitrogens is 3. The fourth-order valence-electron chi connectivity index (χ4n) is 4.56. The second kappa shape index (κ2) is 9.50. The molecule has 5 aromatic rings. The van der Waals surface area contributed by atoms with Crippen LogP contribution in [0, 0.1) is 25.7 Å². The van der Waals surface area contributed by atoms with Crippen molar-refractivity contribution in [3.05, 3.63) is 88.9 Å². The summed E-state index contributed by atoms with van der Waals surface area (Å²) in [4.78, 5) is 6.81. The smallest absolute Gasteiger partial charge is 0.267 e. The van der Waals surface area contributed by atoms with Crippen LogP contribution in [0.1, 0.15) is 27.9 Å². The van der Waals surface area contributed by atoms with Gasteiger partial charge in [-0.25, -0.2) is 4.98 Å². The Bertz CT molecular complexity index is 1620. The molecule has 0 radical (unpaired) electrons. The quantitative estimate of drug-likeness (QED) is 0.334. The predicted molar refractivity (Wildman–Crippen MR) is 137 cm³/mol. The summed E-state index contributed by atoms with van der Waals surface area (Å²) >= 11 is 0. The standard InChI is InChI=1S/C29H26N4O3/c1-20-15-22(19-32-11-13-34-14-12-32)17-24(16-20)35-29-26-8-6-21(2)25(28(26)36-31-29)9-7-23-18-30-27-5-3-4-10-33(23)27/h3-6,8,10,15-18H,11-14,19H2,1-2H3. The lowest BCUT2D eigenvalue weighted by Crippen LogP contribution is -2.35. The van der Waals surface area contributed by atoms with E-state index in [1.165, 1.54) is 5.56 Å². The van der Waals surface area contributed by atoms with Gasteiger partial charge in [0.25, 0.3) is 5.88 Å². The van der Waals surface area contributed by atoms with Crippen molar-refractivity contribution in [1.29, 1.82) is 0 Å². The molecule has 0 bridgehead atoms. The van der Waals surface area contributed by atoms with Crippen LogP contribution in [0.4, 0.5) is 0 Å². The number of rotatable bonds is 4. The third kappa shape index (κ3) is 4.44. The average molecular weight is 479 g/mol. The molecule has 1 saturated heterocycles. The van der Waals surface area contributed by atoms with E-state index in [2.05, 4.69) is 45.9 Å². The number of nitrogens with zero attached hydrogens (tertiary/aromatic N) is 4. The molecule has 7 heteroatoms. The molecule has 3 aromatic heterocycles. The number of imidazole rings is 1. The van der Waals surface area contributed by atoms with Gasteiger partial charge in [0, 0.05) is 25.8 Å². The first kappa shape index (κ1) is 22.4. The van der Waals surface area contributed by atoms with E-state index >= 15 is 0 Å². The molecule has 1 aliphatic rings. The number of hydrogen-bond donors (Lipinski definition) is 0. The van der Waals surface area contributed by atoms with Gasteiger partial charge in [-0.15, -0.1) is 0 Å². The van der Waals surface area contributed by atoms with Gasteiger partial charge in [-0.05, 0) is 71.9 Å². The van der Waals surface area contributed by atoms with Crippen molar-refractivity contribution in [2.24, 2.45) is 0 Å². The summed E-state index contributed by atoms with van der Waals surface area (Å²) in [6.07, 6.45) is 3.73. The summed E-state index contributed by atoms with van der Waals surface area (Å²) in [5.41, 5.74) is 6.43. The van der Waals surface area contributed by atoms with Crippen molar-refractivity contribution in [1.82, 2.24) is 19.4 Å². The number of morpholine rings is 1. The zero-order chi connectivity index (χ0) is 24.5. The lowest BCUT2D eigenvalue weighted by atomic mass is 10.1. The predicted octanol–water partition coefficient (Wildman–Crippen LogP) is 5.12. The van der Waals surface area contributed by atoms with Crippen molar-refractivity contribution in [3.63, 3.8) is 0 Å². The van der Waals surface area contributed by atoms with E-state index in [4.69, 9.17) is 14.0 Å². The van der Waals surface area contributed by atoms with E-state index < -0.39 is 0 Å². The van der Waals surface area contributed by atoms with Crippen LogP contribution >= 0.6 is 0 Å². The minimum atomic E-state index is 0.436. The van der Waals surface area contributed by atoms with E-state index in [9.17, 15) is 0 Å². The van der Waals surface area contributed by atoms with Gasteiger partial charge in [0.1, 0.15) is 17.1 Å². The summed E-state index contributed by atoms with van der Waals surface area (Å²) in [5.74, 6) is 7.69. The number of pyridine rings is 1. The van der Waals surface area contributed by atoms with Gasteiger partial charge in [-0.3, -0.25) is 9.30 Å². The largest absolute Gasteiger partial charge is 0.436 e. The molecule has 2 aromatic carbocycles. The first-order valence-electron chi connectivity index (χ1n) is 12.1. The Hall–Kier alpha value is -4.12. The van der Waals surface area contributed by atoms with Gasteiger partial charge < -0.3 is 14.0 Å². The van der Waals surface area contributed by atoms with Gasteiger partial charge in [0.15, 0.2) is 5.58 Å². The highest BCUT2D eigenvalue weighted by atomic mass is 16.5. The maximum atomic E-state index is 6.23. The van der Waals surface area contributed by atoms with E-state index in [1.54, 1.807) is 6.20 Å². The lowest BCUT2D eigenvalue weighted by Gasteiger charge is -2.26. The third-order valence-corrected chi connectivity index (χ3v) is 6.38. The van der Waals surface area contributed by atoms with Crippen LogP contribution in [0.15, 0.2) is 65.4 Å². The molecule has 0 N–H and O–H groups in total. The lowest BCUT2D eigenvalue weighted by molar-refractivity contribution is 0.0341. The maximum Gasteiger partial charge on any atom is 0.267 e. The summed E-state index contributed by atoms with van der Waals surface area (Å²) in [6, 6.07) is 16.1. The highest BCUT2D eigenvalue weighted by Crippen LogP contribution is 2.33. The van der Waals surface area contributed by atoms with Crippen LogP contribution in [0.25, 0.3) is 16.6 Å². The monoisotopic (exact) mass is 478 g/mol. The Labute approximate surface area is 209 Å². The molecule has 0 spiro atoms. The van der Waals surface area contributed by atoms with E-state index in [0.717, 1.165) is 72.0 Å². The molecule has 0 aliphatic carbocycles. The Morgan fingerprint density at radius 1 is 1.03 bits per heavy atom. The molecular weight excluding hydrogens is 452 g/mol. The van der Waals surface area contributed by atoms with Crippen molar-refractivity contribution in [3.8, 4) is 23.5 Å². The molecule has 7 nitrogen and oxygen atoms in total. The molecule has 0 saturated carbocycles. The summed E-state index contributed by atoms with van der Waals surface area (Å²) in [7, 11) is 0. The second-order valence-corrected chi connectivity index (χ2v) is 9.09. The molecule has 36 heavy (non-hydrogen) atoms. The number of benzene rings is 2. The Balaban J connectivity index is 1.30. The Kier molecular flexibility index (Phi) is 5.90. The SMILES string of the molecule is Cc1cc(CN2CCOCC2)cc(Oc2noc3c(C#Cc4cnc5ccccn45)c(C)ccc23)c1. The van der Waals surface area contributed by atoms with Crippen LogP contribution in [0.2, 0.25) is 0 Å². The summed E-state index contributed by atoms with van der Waals surface area (Å²) < 4.78 is 19.4. The van der Waals surface area contributed by atoms with Crippen LogP contribution in [0.5, 0.6) is 11.6 Å². The number of fused-ring (bicyclic) bond motifs is 2. The summed E-state index contributed by atoms with van der Waals surface area (Å²) in [6.45, 7) is 8.40. The normalized spacial score (nSPS) is 14.2. The van der Waals surface area contributed by atoms with Crippen molar-refractivity contribution >= 4 is 16.6 Å². The number of ether oxygens (including phenoxy) is 2. The molecular formula is C29H26N4O3. The van der Waals surface area contributed by atoms with Crippen LogP contribution in [-0.2, 0) is 11.3 Å². The van der Waals surface area contributed by atoms with Crippen molar-refractivity contribution in [2.45, 2.75) is 20.4 Å². The highest BCUT2D eigenvalue weighted by molar-refractivity contribution is 5.88. The molecule has 180 valence electrons. The second-order valence-electron chi connectivity index (χ2n) is 9.09. The zero-order valence-corrected chi connectivity index (χ0v) is 20.3. The third-order valence-electron chi connectivity index (χ3n) is 6.38. The van der Waals surface area contributed by atoms with E-state index in [1.807, 2.05) is 53.9 Å². The maximum absolute atomic E-state index is 6.23. The Morgan fingerprint density at radius 2 is 1.92 bits per heavy atom. The number of hydrogen-bond acceptors (Lipinski definition) is 6. The molecule has 0 unspecified atom stereocenters. The van der Waals surface area contributed by atoms with E-state index in [0.29, 0.717) is 11.5 Å².